The summed E-state index contributed by atoms with van der Waals surface area (Å²) in [6.07, 6.45) is 2.03. The van der Waals surface area contributed by atoms with Crippen LogP contribution in [0.2, 0.25) is 0 Å². The molecule has 2 aromatic rings. The molecule has 0 radical (unpaired) electrons. The van der Waals surface area contributed by atoms with Crippen LogP contribution < -0.4 is 5.56 Å². The van der Waals surface area contributed by atoms with Crippen molar-refractivity contribution in [3.05, 3.63) is 40.7 Å². The molecule has 0 spiro atoms. The molecule has 1 N–H and O–H groups in total. The van der Waals surface area contributed by atoms with E-state index in [1.165, 1.54) is 4.90 Å². The van der Waals surface area contributed by atoms with Gasteiger partial charge in [0, 0.05) is 16.5 Å². The molecule has 0 saturated carbocycles. The molecule has 1 aromatic heterocycles. The average Bonchev–Trinajstić information content (AvgIpc) is 2.17. The lowest BCUT2D eigenvalue weighted by atomic mass is 10.2. The zero-order chi connectivity index (χ0) is 9.26. The highest BCUT2D eigenvalue weighted by molar-refractivity contribution is 7.98. The van der Waals surface area contributed by atoms with Gasteiger partial charge in [-0.1, -0.05) is 0 Å². The van der Waals surface area contributed by atoms with E-state index >= 15 is 0 Å². The largest absolute Gasteiger partial charge is 0.322 e. The van der Waals surface area contributed by atoms with Crippen LogP contribution in [0, 0.1) is 0 Å². The van der Waals surface area contributed by atoms with E-state index in [4.69, 9.17) is 0 Å². The summed E-state index contributed by atoms with van der Waals surface area (Å²) in [5, 5.41) is 1.08. The number of thioether (sulfide) groups is 1. The van der Waals surface area contributed by atoms with Gasteiger partial charge in [0.2, 0.25) is 5.56 Å². The second kappa shape index (κ2) is 3.26. The van der Waals surface area contributed by atoms with E-state index in [1.807, 2.05) is 24.5 Å². The van der Waals surface area contributed by atoms with Crippen molar-refractivity contribution in [2.45, 2.75) is 4.90 Å². The molecule has 66 valence electrons. The van der Waals surface area contributed by atoms with Gasteiger partial charge >= 0.3 is 0 Å². The smallest absolute Gasteiger partial charge is 0.248 e. The molecule has 2 nitrogen and oxygen atoms in total. The molecule has 0 unspecified atom stereocenters. The molecule has 0 saturated heterocycles. The van der Waals surface area contributed by atoms with Crippen molar-refractivity contribution >= 4 is 22.7 Å². The van der Waals surface area contributed by atoms with Crippen LogP contribution in [0.15, 0.2) is 40.0 Å². The Bertz CT molecular complexity index is 489. The van der Waals surface area contributed by atoms with E-state index in [0.717, 1.165) is 10.9 Å². The van der Waals surface area contributed by atoms with Gasteiger partial charge in [0.05, 0.1) is 0 Å². The third kappa shape index (κ3) is 1.60. The second-order valence-electron chi connectivity index (χ2n) is 2.78. The molecule has 0 aliphatic rings. The SMILES string of the molecule is CSc1ccc2[nH]c(=O)ccc2c1. The number of H-pyrrole nitrogens is 1. The molecule has 0 aliphatic heterocycles. The van der Waals surface area contributed by atoms with Gasteiger partial charge in [-0.25, -0.2) is 0 Å². The first-order valence-electron chi connectivity index (χ1n) is 3.97. The summed E-state index contributed by atoms with van der Waals surface area (Å²) in [4.78, 5) is 15.0. The Kier molecular flexibility index (Phi) is 2.10. The lowest BCUT2D eigenvalue weighted by Crippen LogP contribution is -2.01. The maximum Gasteiger partial charge on any atom is 0.248 e. The highest BCUT2D eigenvalue weighted by Crippen LogP contribution is 2.19. The van der Waals surface area contributed by atoms with Gasteiger partial charge in [-0.2, -0.15) is 0 Å². The Morgan fingerprint density at radius 3 is 2.85 bits per heavy atom. The van der Waals surface area contributed by atoms with E-state index in [0.29, 0.717) is 0 Å². The molecule has 1 aromatic carbocycles. The first kappa shape index (κ1) is 8.38. The Morgan fingerprint density at radius 2 is 2.08 bits per heavy atom. The van der Waals surface area contributed by atoms with Gasteiger partial charge in [0.15, 0.2) is 0 Å². The fraction of sp³-hybridized carbons (Fsp3) is 0.100. The maximum atomic E-state index is 11.0. The van der Waals surface area contributed by atoms with Gasteiger partial charge in [-0.15, -0.1) is 11.8 Å². The molecule has 0 aliphatic carbocycles. The van der Waals surface area contributed by atoms with Crippen LogP contribution >= 0.6 is 11.8 Å². The number of nitrogens with one attached hydrogen (secondary N) is 1. The van der Waals surface area contributed by atoms with E-state index in [2.05, 4.69) is 11.1 Å². The van der Waals surface area contributed by atoms with Crippen LogP contribution in [0.4, 0.5) is 0 Å². The van der Waals surface area contributed by atoms with E-state index in [9.17, 15) is 4.79 Å². The number of pyridine rings is 1. The van der Waals surface area contributed by atoms with Crippen LogP contribution in [0.1, 0.15) is 0 Å². The standard InChI is InChI=1S/C10H9NOS/c1-13-8-3-4-9-7(6-8)2-5-10(12)11-9/h2-6H,1H3,(H,11,12). The Morgan fingerprint density at radius 1 is 1.23 bits per heavy atom. The molecule has 13 heavy (non-hydrogen) atoms. The number of benzene rings is 1. The van der Waals surface area contributed by atoms with Gasteiger partial charge in [0.1, 0.15) is 0 Å². The molecule has 0 fully saturated rings. The summed E-state index contributed by atoms with van der Waals surface area (Å²) in [6, 6.07) is 9.39. The lowest BCUT2D eigenvalue weighted by molar-refractivity contribution is 1.30. The summed E-state index contributed by atoms with van der Waals surface area (Å²) in [6.45, 7) is 0. The van der Waals surface area contributed by atoms with E-state index in [-0.39, 0.29) is 5.56 Å². The van der Waals surface area contributed by atoms with Crippen LogP contribution in [0.3, 0.4) is 0 Å². The highest BCUT2D eigenvalue weighted by atomic mass is 32.2. The molecule has 0 atom stereocenters. The summed E-state index contributed by atoms with van der Waals surface area (Å²) >= 11 is 1.70. The van der Waals surface area contributed by atoms with Crippen molar-refractivity contribution < 1.29 is 0 Å². The van der Waals surface area contributed by atoms with Gasteiger partial charge in [-0.05, 0) is 35.9 Å². The van der Waals surface area contributed by atoms with Crippen molar-refractivity contribution in [2.75, 3.05) is 6.26 Å². The predicted octanol–water partition coefficient (Wildman–Crippen LogP) is 2.25. The Balaban J connectivity index is 2.73. The number of aromatic amines is 1. The maximum absolute atomic E-state index is 11.0. The van der Waals surface area contributed by atoms with Gasteiger partial charge in [0.25, 0.3) is 0 Å². The molecule has 0 bridgehead atoms. The number of fused-ring (bicyclic) bond motifs is 1. The number of hydrogen-bond donors (Lipinski definition) is 1. The minimum absolute atomic E-state index is 0.0515. The molecule has 2 rings (SSSR count). The average molecular weight is 191 g/mol. The quantitative estimate of drug-likeness (QED) is 0.701. The zero-order valence-electron chi connectivity index (χ0n) is 7.20. The normalized spacial score (nSPS) is 10.5. The molecular weight excluding hydrogens is 182 g/mol. The molecule has 0 amide bonds. The fourth-order valence-electron chi connectivity index (χ4n) is 1.26. The van der Waals surface area contributed by atoms with Gasteiger partial charge in [-0.3, -0.25) is 4.79 Å². The third-order valence-electron chi connectivity index (χ3n) is 1.93. The summed E-state index contributed by atoms with van der Waals surface area (Å²) < 4.78 is 0. The fourth-order valence-corrected chi connectivity index (χ4v) is 1.71. The van der Waals surface area contributed by atoms with Crippen LogP contribution in [0.5, 0.6) is 0 Å². The number of rotatable bonds is 1. The van der Waals surface area contributed by atoms with Crippen molar-refractivity contribution in [3.63, 3.8) is 0 Å². The number of hydrogen-bond acceptors (Lipinski definition) is 2. The molecular formula is C10H9NOS. The summed E-state index contributed by atoms with van der Waals surface area (Å²) in [5.74, 6) is 0. The van der Waals surface area contributed by atoms with Gasteiger partial charge < -0.3 is 4.98 Å². The van der Waals surface area contributed by atoms with Crippen LogP contribution in [0.25, 0.3) is 10.9 Å². The third-order valence-corrected chi connectivity index (χ3v) is 2.66. The van der Waals surface area contributed by atoms with Crippen LogP contribution in [-0.4, -0.2) is 11.2 Å². The minimum atomic E-state index is -0.0515. The predicted molar refractivity (Wildman–Crippen MR) is 56.3 cm³/mol. The minimum Gasteiger partial charge on any atom is -0.322 e. The topological polar surface area (TPSA) is 32.9 Å². The molecule has 3 heteroatoms. The van der Waals surface area contributed by atoms with E-state index < -0.39 is 0 Å². The van der Waals surface area contributed by atoms with E-state index in [1.54, 1.807) is 17.8 Å². The Hall–Kier alpha value is -1.22. The second-order valence-corrected chi connectivity index (χ2v) is 3.66. The molecule has 1 heterocycles. The Labute approximate surface area is 80.0 Å². The zero-order valence-corrected chi connectivity index (χ0v) is 8.02. The van der Waals surface area contributed by atoms with Crippen molar-refractivity contribution in [1.82, 2.24) is 4.98 Å². The van der Waals surface area contributed by atoms with Crippen molar-refractivity contribution in [2.24, 2.45) is 0 Å². The summed E-state index contributed by atoms with van der Waals surface area (Å²) in [7, 11) is 0. The first-order chi connectivity index (χ1) is 6.29. The lowest BCUT2D eigenvalue weighted by Gasteiger charge is -1.99. The number of aromatic nitrogens is 1. The summed E-state index contributed by atoms with van der Waals surface area (Å²) in [5.41, 5.74) is 0.842. The monoisotopic (exact) mass is 191 g/mol. The first-order valence-corrected chi connectivity index (χ1v) is 5.19. The highest BCUT2D eigenvalue weighted by Gasteiger charge is 1.95. The van der Waals surface area contributed by atoms with Crippen molar-refractivity contribution in [1.29, 1.82) is 0 Å². The van der Waals surface area contributed by atoms with Crippen molar-refractivity contribution in [3.8, 4) is 0 Å². The van der Waals surface area contributed by atoms with Crippen LogP contribution in [-0.2, 0) is 0 Å².